The van der Waals surface area contributed by atoms with E-state index in [1.54, 1.807) is 0 Å². The van der Waals surface area contributed by atoms with Crippen LogP contribution in [-0.2, 0) is 0 Å². The molecule has 2 atom stereocenters. The van der Waals surface area contributed by atoms with Crippen LogP contribution in [-0.4, -0.2) is 28.9 Å². The van der Waals surface area contributed by atoms with Gasteiger partial charge in [-0.1, -0.05) is 13.8 Å². The van der Waals surface area contributed by atoms with Crippen LogP contribution in [0.4, 0.5) is 0 Å². The minimum absolute atomic E-state index is 0.0966. The van der Waals surface area contributed by atoms with Gasteiger partial charge in [-0.2, -0.15) is 0 Å². The predicted octanol–water partition coefficient (Wildman–Crippen LogP) is 3.25. The van der Waals surface area contributed by atoms with Crippen LogP contribution in [0, 0.1) is 18.8 Å². The van der Waals surface area contributed by atoms with Crippen molar-refractivity contribution in [2.75, 3.05) is 13.1 Å². The molecule has 3 rings (SSSR count). The van der Waals surface area contributed by atoms with Crippen molar-refractivity contribution < 1.29 is 9.21 Å². The molecule has 0 spiro atoms. The van der Waals surface area contributed by atoms with E-state index < -0.39 is 0 Å². The number of fused-ring (bicyclic) bond motifs is 1. The topological polar surface area (TPSA) is 46.3 Å². The van der Waals surface area contributed by atoms with Crippen molar-refractivity contribution in [3.8, 4) is 0 Å². The van der Waals surface area contributed by atoms with Crippen molar-refractivity contribution in [2.45, 2.75) is 27.2 Å². The fraction of sp³-hybridized carbons (Fsp3) is 0.500. The van der Waals surface area contributed by atoms with Gasteiger partial charge in [-0.05, 0) is 36.5 Å². The number of oxazole rings is 1. The Kier molecular flexibility index (Phi) is 3.24. The number of hydrogen-bond donors (Lipinski definition) is 0. The van der Waals surface area contributed by atoms with E-state index in [1.807, 2.05) is 30.0 Å². The highest BCUT2D eigenvalue weighted by Gasteiger charge is 2.26. The molecule has 1 fully saturated rings. The molecule has 2 unspecified atom stereocenters. The van der Waals surface area contributed by atoms with Crippen molar-refractivity contribution in [2.24, 2.45) is 11.8 Å². The highest BCUT2D eigenvalue weighted by atomic mass is 16.3. The van der Waals surface area contributed by atoms with Gasteiger partial charge in [-0.3, -0.25) is 4.79 Å². The molecular formula is C16H20N2O2. The molecular weight excluding hydrogens is 252 g/mol. The first-order chi connectivity index (χ1) is 9.52. The smallest absolute Gasteiger partial charge is 0.254 e. The third-order valence-corrected chi connectivity index (χ3v) is 3.90. The van der Waals surface area contributed by atoms with Crippen LogP contribution < -0.4 is 0 Å². The molecule has 1 amide bonds. The van der Waals surface area contributed by atoms with Gasteiger partial charge in [0.2, 0.25) is 0 Å². The molecule has 4 heteroatoms. The molecule has 2 aromatic rings. The fourth-order valence-corrected chi connectivity index (χ4v) is 3.18. The Balaban J connectivity index is 1.87. The highest BCUT2D eigenvalue weighted by Crippen LogP contribution is 2.24. The van der Waals surface area contributed by atoms with E-state index in [0.29, 0.717) is 28.9 Å². The molecule has 1 aromatic carbocycles. The van der Waals surface area contributed by atoms with E-state index in [0.717, 1.165) is 18.6 Å². The fourth-order valence-electron chi connectivity index (χ4n) is 3.18. The van der Waals surface area contributed by atoms with Gasteiger partial charge in [0.15, 0.2) is 11.5 Å². The summed E-state index contributed by atoms with van der Waals surface area (Å²) < 4.78 is 5.51. The number of carbonyl (C=O) groups is 1. The average Bonchev–Trinajstić information content (AvgIpc) is 2.75. The van der Waals surface area contributed by atoms with Crippen LogP contribution in [0.5, 0.6) is 0 Å². The third-order valence-electron chi connectivity index (χ3n) is 3.90. The first-order valence-electron chi connectivity index (χ1n) is 7.19. The molecule has 20 heavy (non-hydrogen) atoms. The summed E-state index contributed by atoms with van der Waals surface area (Å²) in [6.07, 6.45) is 1.20. The first-order valence-corrected chi connectivity index (χ1v) is 7.19. The van der Waals surface area contributed by atoms with E-state index in [4.69, 9.17) is 4.42 Å². The second-order valence-electron chi connectivity index (χ2n) is 6.07. The van der Waals surface area contributed by atoms with Crippen molar-refractivity contribution in [3.63, 3.8) is 0 Å². The normalized spacial score (nSPS) is 23.2. The summed E-state index contributed by atoms with van der Waals surface area (Å²) in [5.74, 6) is 1.86. The van der Waals surface area contributed by atoms with Gasteiger partial charge in [0.05, 0.1) is 0 Å². The summed E-state index contributed by atoms with van der Waals surface area (Å²) >= 11 is 0. The van der Waals surface area contributed by atoms with Crippen molar-refractivity contribution in [1.29, 1.82) is 0 Å². The Labute approximate surface area is 118 Å². The van der Waals surface area contributed by atoms with E-state index in [9.17, 15) is 4.79 Å². The number of likely N-dealkylation sites (tertiary alicyclic amines) is 1. The van der Waals surface area contributed by atoms with Crippen molar-refractivity contribution in [1.82, 2.24) is 9.88 Å². The summed E-state index contributed by atoms with van der Waals surface area (Å²) in [7, 11) is 0. The summed E-state index contributed by atoms with van der Waals surface area (Å²) in [5.41, 5.74) is 2.18. The third kappa shape index (κ3) is 2.42. The van der Waals surface area contributed by atoms with Crippen molar-refractivity contribution >= 4 is 17.0 Å². The summed E-state index contributed by atoms with van der Waals surface area (Å²) in [6.45, 7) is 7.92. The lowest BCUT2D eigenvalue weighted by molar-refractivity contribution is 0.0623. The molecule has 4 nitrogen and oxygen atoms in total. The average molecular weight is 272 g/mol. The number of benzene rings is 1. The van der Waals surface area contributed by atoms with E-state index >= 15 is 0 Å². The van der Waals surface area contributed by atoms with Gasteiger partial charge in [0, 0.05) is 25.6 Å². The minimum atomic E-state index is 0.0966. The second kappa shape index (κ2) is 4.93. The zero-order valence-electron chi connectivity index (χ0n) is 12.2. The lowest BCUT2D eigenvalue weighted by Gasteiger charge is -2.35. The van der Waals surface area contributed by atoms with Gasteiger partial charge in [0.25, 0.3) is 5.91 Å². The molecule has 1 aliphatic rings. The van der Waals surface area contributed by atoms with Gasteiger partial charge >= 0.3 is 0 Å². The maximum Gasteiger partial charge on any atom is 0.254 e. The maximum absolute atomic E-state index is 12.6. The molecule has 0 radical (unpaired) electrons. The molecule has 2 heterocycles. The van der Waals surface area contributed by atoms with E-state index in [2.05, 4.69) is 18.8 Å². The van der Waals surface area contributed by atoms with Crippen LogP contribution in [0.1, 0.15) is 36.5 Å². The molecule has 1 saturated heterocycles. The Morgan fingerprint density at radius 1 is 1.30 bits per heavy atom. The van der Waals surface area contributed by atoms with Crippen molar-refractivity contribution in [3.05, 3.63) is 29.7 Å². The Morgan fingerprint density at radius 3 is 2.70 bits per heavy atom. The van der Waals surface area contributed by atoms with E-state index in [1.165, 1.54) is 6.42 Å². The summed E-state index contributed by atoms with van der Waals surface area (Å²) in [6, 6.07) is 5.51. The number of piperidine rings is 1. The molecule has 0 bridgehead atoms. The summed E-state index contributed by atoms with van der Waals surface area (Å²) in [5, 5.41) is 0. The van der Waals surface area contributed by atoms with Crippen LogP contribution in [0.15, 0.2) is 22.6 Å². The number of hydrogen-bond acceptors (Lipinski definition) is 3. The number of aromatic nitrogens is 1. The minimum Gasteiger partial charge on any atom is -0.441 e. The highest BCUT2D eigenvalue weighted by molar-refractivity contribution is 5.97. The first kappa shape index (κ1) is 13.2. The second-order valence-corrected chi connectivity index (χ2v) is 6.07. The number of rotatable bonds is 1. The molecule has 0 saturated carbocycles. The van der Waals surface area contributed by atoms with Gasteiger partial charge < -0.3 is 9.32 Å². The Bertz CT molecular complexity index is 637. The van der Waals surface area contributed by atoms with Crippen LogP contribution in [0.3, 0.4) is 0 Å². The van der Waals surface area contributed by atoms with Gasteiger partial charge in [-0.15, -0.1) is 0 Å². The monoisotopic (exact) mass is 272 g/mol. The quantitative estimate of drug-likeness (QED) is 0.800. The zero-order chi connectivity index (χ0) is 14.3. The molecule has 1 aliphatic heterocycles. The zero-order valence-corrected chi connectivity index (χ0v) is 12.2. The summed E-state index contributed by atoms with van der Waals surface area (Å²) in [4.78, 5) is 18.8. The Hall–Kier alpha value is -1.84. The standard InChI is InChI=1S/C16H20N2O2/c1-10-6-11(2)9-18(8-10)16(19)13-4-5-14-15(7-13)20-12(3)17-14/h4-5,7,10-11H,6,8-9H2,1-3H3. The number of aryl methyl sites for hydroxylation is 1. The van der Waals surface area contributed by atoms with Crippen LogP contribution in [0.2, 0.25) is 0 Å². The molecule has 1 aromatic heterocycles. The van der Waals surface area contributed by atoms with Gasteiger partial charge in [0.1, 0.15) is 5.52 Å². The number of amides is 1. The lowest BCUT2D eigenvalue weighted by Crippen LogP contribution is -2.42. The SMILES string of the molecule is Cc1nc2ccc(C(=O)N3CC(C)CC(C)C3)cc2o1. The predicted molar refractivity (Wildman–Crippen MR) is 77.6 cm³/mol. The molecule has 0 N–H and O–H groups in total. The molecule has 0 aliphatic carbocycles. The molecule has 106 valence electrons. The number of nitrogens with zero attached hydrogens (tertiary/aromatic N) is 2. The Morgan fingerprint density at radius 2 is 2.00 bits per heavy atom. The van der Waals surface area contributed by atoms with E-state index in [-0.39, 0.29) is 5.91 Å². The van der Waals surface area contributed by atoms with Gasteiger partial charge in [-0.25, -0.2) is 4.98 Å². The largest absolute Gasteiger partial charge is 0.441 e. The van der Waals surface area contributed by atoms with Crippen LogP contribution >= 0.6 is 0 Å². The number of carbonyl (C=O) groups excluding carboxylic acids is 1. The lowest BCUT2D eigenvalue weighted by atomic mass is 9.91. The maximum atomic E-state index is 12.6. The van der Waals surface area contributed by atoms with Crippen LogP contribution in [0.25, 0.3) is 11.1 Å².